The number of rotatable bonds is 6. The van der Waals surface area contributed by atoms with Crippen LogP contribution in [0.5, 0.6) is 0 Å². The number of hydrogen-bond acceptors (Lipinski definition) is 5. The van der Waals surface area contributed by atoms with E-state index in [4.69, 9.17) is 9.57 Å². The van der Waals surface area contributed by atoms with Crippen molar-refractivity contribution in [2.24, 2.45) is 0 Å². The lowest BCUT2D eigenvalue weighted by atomic mass is 9.97. The Morgan fingerprint density at radius 2 is 1.81 bits per heavy atom. The van der Waals surface area contributed by atoms with E-state index in [1.54, 1.807) is 6.20 Å². The van der Waals surface area contributed by atoms with E-state index in [1.807, 2.05) is 72.3 Å². The van der Waals surface area contributed by atoms with E-state index in [1.165, 1.54) is 17.1 Å². The molecule has 1 aromatic heterocycles. The van der Waals surface area contributed by atoms with Gasteiger partial charge in [0, 0.05) is 5.56 Å². The number of hydrogen-bond donors (Lipinski definition) is 0. The molecule has 164 valence electrons. The van der Waals surface area contributed by atoms with Crippen LogP contribution in [0, 0.1) is 0 Å². The Labute approximate surface area is 185 Å². The van der Waals surface area contributed by atoms with Gasteiger partial charge in [-0.1, -0.05) is 60.7 Å². The third-order valence-corrected chi connectivity index (χ3v) is 6.17. The molecule has 0 saturated carbocycles. The Morgan fingerprint density at radius 3 is 2.50 bits per heavy atom. The Balaban J connectivity index is 1.52. The highest BCUT2D eigenvalue weighted by atomic mass is 16.7. The van der Waals surface area contributed by atoms with Gasteiger partial charge in [0.1, 0.15) is 12.6 Å². The third kappa shape index (κ3) is 3.23. The molecule has 3 atom stereocenters. The van der Waals surface area contributed by atoms with Crippen molar-refractivity contribution >= 4 is 12.0 Å². The lowest BCUT2D eigenvalue weighted by molar-refractivity contribution is -0.146. The molecule has 8 nitrogen and oxygen atoms in total. The van der Waals surface area contributed by atoms with E-state index in [0.29, 0.717) is 12.2 Å². The lowest BCUT2D eigenvalue weighted by Crippen LogP contribution is -2.40. The van der Waals surface area contributed by atoms with Crippen molar-refractivity contribution < 1.29 is 19.2 Å². The molecule has 5 rings (SSSR count). The summed E-state index contributed by atoms with van der Waals surface area (Å²) in [4.78, 5) is 33.5. The SMILES string of the molecule is COC(=O)[C@@H]1c2c(cnn2C(C)c2ccccc2)[C@@H]2CN1C(=O)N2OCc1ccccc1. The largest absolute Gasteiger partial charge is 0.467 e. The normalized spacial score (nSPS) is 20.2. The number of hydroxylamine groups is 2. The van der Waals surface area contributed by atoms with Crippen molar-refractivity contribution in [1.29, 1.82) is 0 Å². The predicted octanol–water partition coefficient (Wildman–Crippen LogP) is 3.63. The van der Waals surface area contributed by atoms with Crippen LogP contribution >= 0.6 is 0 Å². The second-order valence-corrected chi connectivity index (χ2v) is 7.98. The lowest BCUT2D eigenvalue weighted by Gasteiger charge is -2.30. The van der Waals surface area contributed by atoms with E-state index < -0.39 is 12.0 Å². The van der Waals surface area contributed by atoms with Crippen LogP contribution in [0.15, 0.2) is 66.9 Å². The Hall–Kier alpha value is -3.65. The van der Waals surface area contributed by atoms with Gasteiger partial charge in [-0.25, -0.2) is 9.59 Å². The zero-order chi connectivity index (χ0) is 22.2. The van der Waals surface area contributed by atoms with Gasteiger partial charge < -0.3 is 9.64 Å². The molecule has 1 unspecified atom stereocenters. The van der Waals surface area contributed by atoms with Crippen molar-refractivity contribution in [1.82, 2.24) is 19.7 Å². The van der Waals surface area contributed by atoms with E-state index in [2.05, 4.69) is 5.10 Å². The molecule has 3 aromatic rings. The Bertz CT molecular complexity index is 1130. The van der Waals surface area contributed by atoms with Crippen molar-refractivity contribution in [3.8, 4) is 0 Å². The minimum absolute atomic E-state index is 0.125. The fourth-order valence-electron chi connectivity index (χ4n) is 4.51. The van der Waals surface area contributed by atoms with Crippen LogP contribution in [0.25, 0.3) is 0 Å². The minimum Gasteiger partial charge on any atom is -0.467 e. The van der Waals surface area contributed by atoms with Gasteiger partial charge in [0.15, 0.2) is 6.04 Å². The first-order chi connectivity index (χ1) is 15.6. The van der Waals surface area contributed by atoms with Gasteiger partial charge in [0.2, 0.25) is 0 Å². The fourth-order valence-corrected chi connectivity index (χ4v) is 4.51. The summed E-state index contributed by atoms with van der Waals surface area (Å²) in [6, 6.07) is 17.9. The summed E-state index contributed by atoms with van der Waals surface area (Å²) < 4.78 is 6.91. The Morgan fingerprint density at radius 1 is 1.12 bits per heavy atom. The smallest absolute Gasteiger partial charge is 0.345 e. The van der Waals surface area contributed by atoms with Crippen molar-refractivity contribution in [2.75, 3.05) is 13.7 Å². The maximum absolute atomic E-state index is 13.2. The average Bonchev–Trinajstić information content (AvgIpc) is 3.39. The second kappa shape index (κ2) is 8.12. The summed E-state index contributed by atoms with van der Waals surface area (Å²) in [6.07, 6.45) is 1.74. The number of fused-ring (bicyclic) bond motifs is 4. The van der Waals surface area contributed by atoms with Crippen molar-refractivity contribution in [2.45, 2.75) is 31.7 Å². The molecule has 2 bridgehead atoms. The van der Waals surface area contributed by atoms with Crippen LogP contribution in [-0.4, -0.2) is 45.4 Å². The molecule has 2 aromatic carbocycles. The summed E-state index contributed by atoms with van der Waals surface area (Å²) in [5.74, 6) is -0.495. The van der Waals surface area contributed by atoms with E-state index in [0.717, 1.165) is 16.7 Å². The first-order valence-electron chi connectivity index (χ1n) is 10.6. The first kappa shape index (κ1) is 20.3. The van der Waals surface area contributed by atoms with Crippen LogP contribution in [0.1, 0.15) is 47.4 Å². The fraction of sp³-hybridized carbons (Fsp3) is 0.292. The average molecular weight is 432 g/mol. The van der Waals surface area contributed by atoms with Crippen molar-refractivity contribution in [3.63, 3.8) is 0 Å². The molecule has 0 spiro atoms. The van der Waals surface area contributed by atoms with E-state index >= 15 is 0 Å². The molecule has 0 radical (unpaired) electrons. The number of benzene rings is 2. The van der Waals surface area contributed by atoms with Crippen LogP contribution in [-0.2, 0) is 21.0 Å². The maximum Gasteiger partial charge on any atom is 0.345 e. The van der Waals surface area contributed by atoms with Gasteiger partial charge in [0.25, 0.3) is 0 Å². The van der Waals surface area contributed by atoms with Crippen LogP contribution in [0.2, 0.25) is 0 Å². The van der Waals surface area contributed by atoms with E-state index in [-0.39, 0.29) is 24.7 Å². The standard InChI is InChI=1S/C24H24N4O4/c1-16(18-11-7-4-8-12-18)27-21-19(13-25-27)20-14-26(22(21)23(29)31-2)24(30)28(20)32-15-17-9-5-3-6-10-17/h3-13,16,20,22H,14-15H2,1-2H3/t16?,20-,22-/m0/s1. The predicted molar refractivity (Wildman–Crippen MR) is 115 cm³/mol. The van der Waals surface area contributed by atoms with Gasteiger partial charge in [-0.05, 0) is 18.1 Å². The van der Waals surface area contributed by atoms with E-state index in [9.17, 15) is 9.59 Å². The Kier molecular flexibility index (Phi) is 5.14. The zero-order valence-corrected chi connectivity index (χ0v) is 17.9. The molecule has 2 amide bonds. The molecule has 1 fully saturated rings. The summed E-state index contributed by atoms with van der Waals surface area (Å²) in [6.45, 7) is 2.61. The van der Waals surface area contributed by atoms with Gasteiger partial charge in [-0.2, -0.15) is 10.2 Å². The second-order valence-electron chi connectivity index (χ2n) is 7.98. The summed E-state index contributed by atoms with van der Waals surface area (Å²) in [5.41, 5.74) is 3.48. The zero-order valence-electron chi connectivity index (χ0n) is 17.9. The molecule has 0 N–H and O–H groups in total. The van der Waals surface area contributed by atoms with Gasteiger partial charge in [-0.15, -0.1) is 0 Å². The number of urea groups is 1. The summed E-state index contributed by atoms with van der Waals surface area (Å²) in [5, 5.41) is 6.00. The molecule has 1 saturated heterocycles. The molecular formula is C24H24N4O4. The highest BCUT2D eigenvalue weighted by molar-refractivity contribution is 5.87. The highest BCUT2D eigenvalue weighted by Gasteiger charge is 2.53. The number of ether oxygens (including phenoxy) is 1. The monoisotopic (exact) mass is 432 g/mol. The molecular weight excluding hydrogens is 408 g/mol. The van der Waals surface area contributed by atoms with Gasteiger partial charge in [-0.3, -0.25) is 9.52 Å². The third-order valence-electron chi connectivity index (χ3n) is 6.17. The molecule has 32 heavy (non-hydrogen) atoms. The number of methoxy groups -OCH3 is 1. The first-order valence-corrected chi connectivity index (χ1v) is 10.6. The number of nitrogens with zero attached hydrogens (tertiary/aromatic N) is 4. The van der Waals surface area contributed by atoms with Crippen molar-refractivity contribution in [3.05, 3.63) is 89.2 Å². The van der Waals surface area contributed by atoms with Crippen LogP contribution in [0.3, 0.4) is 0 Å². The minimum atomic E-state index is -0.877. The molecule has 8 heteroatoms. The molecule has 2 aliphatic heterocycles. The summed E-state index contributed by atoms with van der Waals surface area (Å²) >= 11 is 0. The molecule has 0 aliphatic carbocycles. The van der Waals surface area contributed by atoms with Gasteiger partial charge in [0.05, 0.1) is 31.6 Å². The number of amides is 2. The van der Waals surface area contributed by atoms with Crippen LogP contribution < -0.4 is 0 Å². The molecule has 2 aliphatic rings. The number of esters is 1. The van der Waals surface area contributed by atoms with Gasteiger partial charge >= 0.3 is 12.0 Å². The number of aromatic nitrogens is 2. The topological polar surface area (TPSA) is 76.9 Å². The van der Waals surface area contributed by atoms with Crippen LogP contribution in [0.4, 0.5) is 4.79 Å². The quantitative estimate of drug-likeness (QED) is 0.556. The number of carbonyl (C=O) groups is 2. The maximum atomic E-state index is 13.2. The highest BCUT2D eigenvalue weighted by Crippen LogP contribution is 2.45. The summed E-state index contributed by atoms with van der Waals surface area (Å²) in [7, 11) is 1.33. The molecule has 3 heterocycles. The number of carbonyl (C=O) groups excluding carboxylic acids is 2.